The number of piperidine rings is 1. The number of pyridine rings is 1. The van der Waals surface area contributed by atoms with E-state index in [-0.39, 0.29) is 0 Å². The van der Waals surface area contributed by atoms with Crippen LogP contribution in [0, 0.1) is 6.92 Å². The summed E-state index contributed by atoms with van der Waals surface area (Å²) in [6.45, 7) is 3.42. The predicted octanol–water partition coefficient (Wildman–Crippen LogP) is 5.83. The van der Waals surface area contributed by atoms with Gasteiger partial charge in [-0.25, -0.2) is 0 Å². The van der Waals surface area contributed by atoms with Crippen LogP contribution in [0.5, 0.6) is 0 Å². The van der Waals surface area contributed by atoms with E-state index in [0.29, 0.717) is 13.0 Å². The highest BCUT2D eigenvalue weighted by Gasteiger charge is 2.44. The van der Waals surface area contributed by atoms with Crippen LogP contribution >= 0.6 is 0 Å². The molecule has 0 aliphatic carbocycles. The standard InChI is InChI=1S/C31H30N2O/c1-24-12-11-19-29(32-24)22-25-23-33(21-20-30(25)34)31(26-13-5-2-6-14-26,27-15-7-3-8-16-27)28-17-9-4-10-18-28/h2-19,22,30,34H,20-21,23H2,1H3. The molecule has 1 atom stereocenters. The Hall–Kier alpha value is -3.53. The Labute approximate surface area is 202 Å². The van der Waals surface area contributed by atoms with Crippen molar-refractivity contribution >= 4 is 6.08 Å². The monoisotopic (exact) mass is 446 g/mol. The predicted molar refractivity (Wildman–Crippen MR) is 138 cm³/mol. The van der Waals surface area contributed by atoms with Gasteiger partial charge in [-0.05, 0) is 53.8 Å². The third kappa shape index (κ3) is 4.21. The maximum atomic E-state index is 11.0. The van der Waals surface area contributed by atoms with Gasteiger partial charge in [-0.15, -0.1) is 0 Å². The normalized spacial score (nSPS) is 18.2. The second kappa shape index (κ2) is 9.76. The minimum Gasteiger partial charge on any atom is -0.389 e. The lowest BCUT2D eigenvalue weighted by Crippen LogP contribution is -2.52. The molecule has 1 aliphatic rings. The molecule has 1 fully saturated rings. The van der Waals surface area contributed by atoms with Crippen molar-refractivity contribution in [3.63, 3.8) is 0 Å². The van der Waals surface area contributed by atoms with Crippen molar-refractivity contribution in [2.24, 2.45) is 0 Å². The first kappa shape index (κ1) is 22.3. The van der Waals surface area contributed by atoms with Gasteiger partial charge in [-0.3, -0.25) is 9.88 Å². The molecule has 0 spiro atoms. The average molecular weight is 447 g/mol. The zero-order valence-corrected chi connectivity index (χ0v) is 19.5. The second-order valence-electron chi connectivity index (χ2n) is 8.96. The Balaban J connectivity index is 1.69. The summed E-state index contributed by atoms with van der Waals surface area (Å²) in [6.07, 6.45) is 2.26. The van der Waals surface area contributed by atoms with Crippen molar-refractivity contribution < 1.29 is 5.11 Å². The highest BCUT2D eigenvalue weighted by atomic mass is 16.3. The number of likely N-dealkylation sites (tertiary alicyclic amines) is 1. The van der Waals surface area contributed by atoms with Crippen molar-refractivity contribution in [2.75, 3.05) is 13.1 Å². The van der Waals surface area contributed by atoms with E-state index >= 15 is 0 Å². The van der Waals surface area contributed by atoms with Gasteiger partial charge in [-0.2, -0.15) is 0 Å². The van der Waals surface area contributed by atoms with Crippen molar-refractivity contribution in [1.29, 1.82) is 0 Å². The summed E-state index contributed by atoms with van der Waals surface area (Å²) in [6, 6.07) is 38.2. The first-order valence-electron chi connectivity index (χ1n) is 11.9. The maximum Gasteiger partial charge on any atom is 0.0975 e. The molecule has 3 nitrogen and oxygen atoms in total. The first-order valence-corrected chi connectivity index (χ1v) is 11.9. The summed E-state index contributed by atoms with van der Waals surface area (Å²) in [5.41, 5.74) is 6.04. The van der Waals surface area contributed by atoms with Crippen molar-refractivity contribution in [1.82, 2.24) is 9.88 Å². The van der Waals surface area contributed by atoms with Crippen LogP contribution in [0.2, 0.25) is 0 Å². The molecule has 1 N–H and O–H groups in total. The number of nitrogens with zero attached hydrogens (tertiary/aromatic N) is 2. The zero-order valence-electron chi connectivity index (χ0n) is 19.5. The number of aliphatic hydroxyl groups excluding tert-OH is 1. The van der Waals surface area contributed by atoms with Crippen molar-refractivity contribution in [2.45, 2.75) is 25.0 Å². The van der Waals surface area contributed by atoms with Crippen LogP contribution in [0.25, 0.3) is 6.08 Å². The van der Waals surface area contributed by atoms with E-state index in [4.69, 9.17) is 0 Å². The van der Waals surface area contributed by atoms with Crippen LogP contribution in [0.3, 0.4) is 0 Å². The highest BCUT2D eigenvalue weighted by Crippen LogP contribution is 2.44. The van der Waals surface area contributed by atoms with E-state index < -0.39 is 11.6 Å². The van der Waals surface area contributed by atoms with E-state index in [1.807, 2.05) is 25.1 Å². The average Bonchev–Trinajstić information content (AvgIpc) is 2.88. The molecule has 0 saturated carbocycles. The van der Waals surface area contributed by atoms with Gasteiger partial charge < -0.3 is 5.11 Å². The minimum absolute atomic E-state index is 0.474. The molecule has 2 heterocycles. The molecule has 0 radical (unpaired) electrons. The maximum absolute atomic E-state index is 11.0. The van der Waals surface area contributed by atoms with E-state index in [2.05, 4.69) is 107 Å². The van der Waals surface area contributed by atoms with Gasteiger partial charge in [0.2, 0.25) is 0 Å². The SMILES string of the molecule is Cc1cccc(C=C2CN(C(c3ccccc3)(c3ccccc3)c3ccccc3)CCC2O)n1. The topological polar surface area (TPSA) is 36.4 Å². The summed E-state index contributed by atoms with van der Waals surface area (Å²) >= 11 is 0. The lowest BCUT2D eigenvalue weighted by Gasteiger charge is -2.48. The largest absolute Gasteiger partial charge is 0.389 e. The number of aryl methyl sites for hydroxylation is 1. The Bertz CT molecular complexity index is 1160. The van der Waals surface area contributed by atoms with Gasteiger partial charge in [-0.1, -0.05) is 97.1 Å². The van der Waals surface area contributed by atoms with Crippen molar-refractivity contribution in [3.8, 4) is 0 Å². The van der Waals surface area contributed by atoms with Gasteiger partial charge in [0.15, 0.2) is 0 Å². The van der Waals surface area contributed by atoms with Gasteiger partial charge in [0.05, 0.1) is 17.3 Å². The molecule has 0 amide bonds. The van der Waals surface area contributed by atoms with Crippen LogP contribution in [0.1, 0.15) is 34.5 Å². The smallest absolute Gasteiger partial charge is 0.0975 e. The quantitative estimate of drug-likeness (QED) is 0.392. The van der Waals surface area contributed by atoms with Crippen LogP contribution < -0.4 is 0 Å². The molecular formula is C31H30N2O. The molecule has 5 rings (SSSR count). The van der Waals surface area contributed by atoms with E-state index in [0.717, 1.165) is 23.5 Å². The Morgan fingerprint density at radius 2 is 1.29 bits per heavy atom. The van der Waals surface area contributed by atoms with Gasteiger partial charge in [0.25, 0.3) is 0 Å². The molecule has 34 heavy (non-hydrogen) atoms. The second-order valence-corrected chi connectivity index (χ2v) is 8.96. The fraction of sp³-hybridized carbons (Fsp3) is 0.194. The molecule has 1 unspecified atom stereocenters. The van der Waals surface area contributed by atoms with Gasteiger partial charge >= 0.3 is 0 Å². The third-order valence-corrected chi connectivity index (χ3v) is 6.77. The Morgan fingerprint density at radius 3 is 1.79 bits per heavy atom. The molecule has 170 valence electrons. The molecule has 1 aliphatic heterocycles. The molecule has 1 aromatic heterocycles. The van der Waals surface area contributed by atoms with E-state index in [1.54, 1.807) is 0 Å². The molecule has 4 aromatic rings. The molecule has 3 aromatic carbocycles. The van der Waals surface area contributed by atoms with Crippen LogP contribution in [0.4, 0.5) is 0 Å². The Kier molecular flexibility index (Phi) is 6.39. The number of aromatic nitrogens is 1. The molecule has 1 saturated heterocycles. The fourth-order valence-corrected chi connectivity index (χ4v) is 5.22. The lowest BCUT2D eigenvalue weighted by molar-refractivity contribution is 0.0872. The van der Waals surface area contributed by atoms with Gasteiger partial charge in [0.1, 0.15) is 0 Å². The van der Waals surface area contributed by atoms with E-state index in [9.17, 15) is 5.11 Å². The molecule has 0 bridgehead atoms. The molecule has 3 heteroatoms. The summed E-state index contributed by atoms with van der Waals surface area (Å²) in [5.74, 6) is 0. The summed E-state index contributed by atoms with van der Waals surface area (Å²) < 4.78 is 0. The number of hydrogen-bond acceptors (Lipinski definition) is 3. The Morgan fingerprint density at radius 1 is 0.765 bits per heavy atom. The number of hydrogen-bond donors (Lipinski definition) is 1. The van der Waals surface area contributed by atoms with Crippen LogP contribution in [0.15, 0.2) is 115 Å². The highest BCUT2D eigenvalue weighted by molar-refractivity contribution is 5.54. The molecular weight excluding hydrogens is 416 g/mol. The summed E-state index contributed by atoms with van der Waals surface area (Å²) in [5, 5.41) is 11.0. The number of aliphatic hydroxyl groups is 1. The van der Waals surface area contributed by atoms with Gasteiger partial charge in [0, 0.05) is 18.8 Å². The third-order valence-electron chi connectivity index (χ3n) is 6.77. The van der Waals surface area contributed by atoms with E-state index in [1.165, 1.54) is 16.7 Å². The number of benzene rings is 3. The van der Waals surface area contributed by atoms with Crippen LogP contribution in [-0.4, -0.2) is 34.2 Å². The first-order chi connectivity index (χ1) is 16.7. The summed E-state index contributed by atoms with van der Waals surface area (Å²) in [7, 11) is 0. The summed E-state index contributed by atoms with van der Waals surface area (Å²) in [4.78, 5) is 7.17. The minimum atomic E-state index is -0.483. The number of rotatable bonds is 5. The van der Waals surface area contributed by atoms with Crippen LogP contribution in [-0.2, 0) is 5.54 Å². The lowest BCUT2D eigenvalue weighted by atomic mass is 9.74. The van der Waals surface area contributed by atoms with Crippen molar-refractivity contribution in [3.05, 3.63) is 143 Å². The fourth-order valence-electron chi connectivity index (χ4n) is 5.22. The zero-order chi connectivity index (χ0) is 23.4.